The van der Waals surface area contributed by atoms with Gasteiger partial charge in [-0.05, 0) is 12.1 Å². The van der Waals surface area contributed by atoms with Gasteiger partial charge in [-0.2, -0.15) is 4.98 Å². The van der Waals surface area contributed by atoms with Crippen molar-refractivity contribution in [1.29, 1.82) is 0 Å². The quantitative estimate of drug-likeness (QED) is 0.860. The fraction of sp³-hybridized carbons (Fsp3) is 0.308. The van der Waals surface area contributed by atoms with Gasteiger partial charge in [-0.1, -0.05) is 11.2 Å². The lowest BCUT2D eigenvalue weighted by atomic mass is 10.1. The summed E-state index contributed by atoms with van der Waals surface area (Å²) in [6, 6.07) is 5.31. The van der Waals surface area contributed by atoms with Crippen LogP contribution in [0.25, 0.3) is 11.4 Å². The molecule has 1 N–H and O–H groups in total. The van der Waals surface area contributed by atoms with E-state index in [9.17, 15) is 4.79 Å². The molecule has 7 nitrogen and oxygen atoms in total. The van der Waals surface area contributed by atoms with Crippen molar-refractivity contribution in [2.24, 2.45) is 0 Å². The summed E-state index contributed by atoms with van der Waals surface area (Å²) in [4.78, 5) is 14.7. The molecule has 0 aliphatic rings. The number of carbonyl (C=O) groups is 1. The largest absolute Gasteiger partial charge is 0.493 e. The average molecular weight is 278 g/mol. The predicted octanol–water partition coefficient (Wildman–Crippen LogP) is 1.77. The van der Waals surface area contributed by atoms with Crippen molar-refractivity contribution in [2.75, 3.05) is 14.2 Å². The van der Waals surface area contributed by atoms with E-state index in [1.54, 1.807) is 18.2 Å². The maximum atomic E-state index is 10.5. The molecule has 7 heteroatoms. The number of hydrogen-bond donors (Lipinski definition) is 1. The zero-order valence-electron chi connectivity index (χ0n) is 11.1. The Morgan fingerprint density at radius 2 is 2.15 bits per heavy atom. The second-order valence-electron chi connectivity index (χ2n) is 3.95. The number of benzene rings is 1. The number of aryl methyl sites for hydroxylation is 1. The zero-order chi connectivity index (χ0) is 14.5. The third-order valence-electron chi connectivity index (χ3n) is 2.66. The summed E-state index contributed by atoms with van der Waals surface area (Å²) in [6.07, 6.45) is 0.130. The first-order chi connectivity index (χ1) is 9.65. The summed E-state index contributed by atoms with van der Waals surface area (Å²) < 4.78 is 15.5. The van der Waals surface area contributed by atoms with Gasteiger partial charge in [-0.25, -0.2) is 0 Å². The van der Waals surface area contributed by atoms with Crippen LogP contribution < -0.4 is 9.47 Å². The van der Waals surface area contributed by atoms with Crippen LogP contribution in [0.5, 0.6) is 11.5 Å². The Morgan fingerprint density at radius 3 is 2.80 bits per heavy atom. The molecule has 0 amide bonds. The Morgan fingerprint density at radius 1 is 1.35 bits per heavy atom. The topological polar surface area (TPSA) is 94.7 Å². The Hall–Kier alpha value is -2.57. The minimum absolute atomic E-state index is 0.0587. The highest BCUT2D eigenvalue weighted by molar-refractivity contribution is 5.68. The molecule has 2 rings (SSSR count). The Bertz CT molecular complexity index is 609. The van der Waals surface area contributed by atoms with Crippen LogP contribution >= 0.6 is 0 Å². The summed E-state index contributed by atoms with van der Waals surface area (Å²) in [5.41, 5.74) is 0.622. The van der Waals surface area contributed by atoms with Crippen molar-refractivity contribution in [3.63, 3.8) is 0 Å². The number of nitrogens with zero attached hydrogens (tertiary/aromatic N) is 2. The molecule has 106 valence electrons. The summed E-state index contributed by atoms with van der Waals surface area (Å²) in [6.45, 7) is 0. The van der Waals surface area contributed by atoms with Gasteiger partial charge in [0.1, 0.15) is 0 Å². The highest BCUT2D eigenvalue weighted by Gasteiger charge is 2.17. The first-order valence-electron chi connectivity index (χ1n) is 5.91. The van der Waals surface area contributed by atoms with Gasteiger partial charge in [0.25, 0.3) is 0 Å². The molecule has 1 aromatic carbocycles. The number of ether oxygens (including phenoxy) is 2. The molecular formula is C13H14N2O5. The van der Waals surface area contributed by atoms with Crippen LogP contribution in [-0.2, 0) is 11.2 Å². The van der Waals surface area contributed by atoms with Crippen LogP contribution in [0.2, 0.25) is 0 Å². The number of rotatable bonds is 6. The molecule has 0 saturated heterocycles. The standard InChI is InChI=1S/C13H14N2O5/c1-18-9-5-3-4-8(12(9)19-2)13-14-10(20-15-13)6-7-11(16)17/h3-5H,6-7H2,1-2H3,(H,16,17). The van der Waals surface area contributed by atoms with Crippen LogP contribution in [0.1, 0.15) is 12.3 Å². The number of hydrogen-bond acceptors (Lipinski definition) is 6. The molecule has 0 unspecified atom stereocenters. The van der Waals surface area contributed by atoms with Crippen LogP contribution in [0.4, 0.5) is 0 Å². The van der Waals surface area contributed by atoms with Gasteiger partial charge >= 0.3 is 5.97 Å². The Labute approximate surface area is 115 Å². The van der Waals surface area contributed by atoms with E-state index in [1.807, 2.05) is 0 Å². The van der Waals surface area contributed by atoms with Gasteiger partial charge in [0.15, 0.2) is 11.5 Å². The lowest BCUT2D eigenvalue weighted by molar-refractivity contribution is -0.137. The Balaban J connectivity index is 2.30. The molecule has 0 aliphatic carbocycles. The second kappa shape index (κ2) is 6.05. The van der Waals surface area contributed by atoms with Gasteiger partial charge < -0.3 is 19.1 Å². The Kier molecular flexibility index (Phi) is 4.19. The fourth-order valence-corrected chi connectivity index (χ4v) is 1.74. The van der Waals surface area contributed by atoms with Gasteiger partial charge in [0.05, 0.1) is 26.2 Å². The first-order valence-corrected chi connectivity index (χ1v) is 5.91. The summed E-state index contributed by atoms with van der Waals surface area (Å²) in [5.74, 6) is 0.750. The van der Waals surface area contributed by atoms with Crippen LogP contribution in [-0.4, -0.2) is 35.4 Å². The average Bonchev–Trinajstić information content (AvgIpc) is 2.92. The van der Waals surface area contributed by atoms with E-state index in [-0.39, 0.29) is 18.7 Å². The minimum atomic E-state index is -0.913. The van der Waals surface area contributed by atoms with Crippen molar-refractivity contribution >= 4 is 5.97 Å². The van der Waals surface area contributed by atoms with E-state index >= 15 is 0 Å². The fourth-order valence-electron chi connectivity index (χ4n) is 1.74. The SMILES string of the molecule is COc1cccc(-c2noc(CCC(=O)O)n2)c1OC. The van der Waals surface area contributed by atoms with Crippen molar-refractivity contribution in [2.45, 2.75) is 12.8 Å². The van der Waals surface area contributed by atoms with E-state index in [0.717, 1.165) is 0 Å². The summed E-state index contributed by atoms with van der Waals surface area (Å²) in [5, 5.41) is 12.5. The third kappa shape index (κ3) is 2.87. The van der Waals surface area contributed by atoms with Gasteiger partial charge in [-0.15, -0.1) is 0 Å². The second-order valence-corrected chi connectivity index (χ2v) is 3.95. The molecule has 1 aromatic heterocycles. The van der Waals surface area contributed by atoms with Crippen LogP contribution in [0.15, 0.2) is 22.7 Å². The van der Waals surface area contributed by atoms with E-state index in [4.69, 9.17) is 19.1 Å². The molecule has 2 aromatic rings. The number of carboxylic acid groups (broad SMARTS) is 1. The predicted molar refractivity (Wildman–Crippen MR) is 68.8 cm³/mol. The van der Waals surface area contributed by atoms with Gasteiger partial charge in [0, 0.05) is 6.42 Å². The molecule has 20 heavy (non-hydrogen) atoms. The maximum Gasteiger partial charge on any atom is 0.303 e. The molecule has 0 bridgehead atoms. The molecule has 0 atom stereocenters. The lowest BCUT2D eigenvalue weighted by Gasteiger charge is -2.09. The number of methoxy groups -OCH3 is 2. The number of para-hydroxylation sites is 1. The molecule has 0 saturated carbocycles. The maximum absolute atomic E-state index is 10.5. The summed E-state index contributed by atoms with van der Waals surface area (Å²) >= 11 is 0. The van der Waals surface area contributed by atoms with Gasteiger partial charge in [0.2, 0.25) is 11.7 Å². The highest BCUT2D eigenvalue weighted by atomic mass is 16.5. The monoisotopic (exact) mass is 278 g/mol. The van der Waals surface area contributed by atoms with E-state index in [2.05, 4.69) is 10.1 Å². The molecule has 0 aliphatic heterocycles. The number of aliphatic carboxylic acids is 1. The third-order valence-corrected chi connectivity index (χ3v) is 2.66. The number of aromatic nitrogens is 2. The van der Waals surface area contributed by atoms with E-state index < -0.39 is 5.97 Å². The molecule has 0 radical (unpaired) electrons. The lowest BCUT2D eigenvalue weighted by Crippen LogP contribution is -1.97. The number of carboxylic acids is 1. The van der Waals surface area contributed by atoms with Crippen LogP contribution in [0, 0.1) is 0 Å². The molecule has 0 spiro atoms. The van der Waals surface area contributed by atoms with Crippen molar-refractivity contribution in [3.05, 3.63) is 24.1 Å². The summed E-state index contributed by atoms with van der Waals surface area (Å²) in [7, 11) is 3.06. The highest BCUT2D eigenvalue weighted by Crippen LogP contribution is 2.36. The van der Waals surface area contributed by atoms with Crippen LogP contribution in [0.3, 0.4) is 0 Å². The minimum Gasteiger partial charge on any atom is -0.493 e. The van der Waals surface area contributed by atoms with Gasteiger partial charge in [-0.3, -0.25) is 4.79 Å². The normalized spacial score (nSPS) is 10.3. The van der Waals surface area contributed by atoms with Crippen molar-refractivity contribution in [3.8, 4) is 22.9 Å². The zero-order valence-corrected chi connectivity index (χ0v) is 11.1. The molecule has 1 heterocycles. The molecule has 0 fully saturated rings. The van der Waals surface area contributed by atoms with Crippen molar-refractivity contribution < 1.29 is 23.9 Å². The molecular weight excluding hydrogens is 264 g/mol. The van der Waals surface area contributed by atoms with Crippen molar-refractivity contribution in [1.82, 2.24) is 10.1 Å². The van der Waals surface area contributed by atoms with E-state index in [0.29, 0.717) is 22.9 Å². The van der Waals surface area contributed by atoms with E-state index in [1.165, 1.54) is 14.2 Å². The smallest absolute Gasteiger partial charge is 0.303 e. The first kappa shape index (κ1) is 13.9.